The number of hydrogen-bond donors (Lipinski definition) is 0. The second-order valence-corrected chi connectivity index (χ2v) is 5.82. The topological polar surface area (TPSA) is 46.8 Å². The molecule has 21 heavy (non-hydrogen) atoms. The van der Waals surface area contributed by atoms with Crippen molar-refractivity contribution < 1.29 is 9.53 Å². The van der Waals surface area contributed by atoms with E-state index in [0.29, 0.717) is 18.3 Å². The third-order valence-corrected chi connectivity index (χ3v) is 4.66. The molecule has 3 heterocycles. The first-order chi connectivity index (χ1) is 10.4. The average Bonchev–Trinajstić information content (AvgIpc) is 2.92. The molecule has 1 aliphatic heterocycles. The third kappa shape index (κ3) is 2.03. The molecule has 0 N–H and O–H groups in total. The number of rotatable bonds is 2. The molecule has 0 bridgehead atoms. The third-order valence-electron chi connectivity index (χ3n) is 4.66. The summed E-state index contributed by atoms with van der Waals surface area (Å²) in [6.07, 6.45) is 7.81. The van der Waals surface area contributed by atoms with Crippen molar-refractivity contribution in [2.45, 2.75) is 37.8 Å². The number of imidazole rings is 1. The molecule has 0 spiro atoms. The van der Waals surface area contributed by atoms with E-state index in [9.17, 15) is 4.79 Å². The van der Waals surface area contributed by atoms with Crippen LogP contribution < -0.4 is 4.90 Å². The minimum atomic E-state index is 0.289. The van der Waals surface area contributed by atoms with Gasteiger partial charge in [-0.2, -0.15) is 0 Å². The smallest absolute Gasteiger partial charge is 0.170 e. The van der Waals surface area contributed by atoms with Crippen molar-refractivity contribution >= 4 is 17.8 Å². The SMILES string of the molecule is O=Cc1c(N2CCOC3CCCCC32)nc2ccccn12. The Morgan fingerprint density at radius 1 is 1.29 bits per heavy atom. The normalized spacial score (nSPS) is 25.8. The van der Waals surface area contributed by atoms with Crippen LogP contribution in [0, 0.1) is 0 Å². The maximum atomic E-state index is 11.6. The monoisotopic (exact) mass is 285 g/mol. The molecule has 2 unspecified atom stereocenters. The van der Waals surface area contributed by atoms with Gasteiger partial charge in [-0.15, -0.1) is 0 Å². The number of hydrogen-bond acceptors (Lipinski definition) is 4. The van der Waals surface area contributed by atoms with Crippen molar-refractivity contribution in [2.24, 2.45) is 0 Å². The van der Waals surface area contributed by atoms with Gasteiger partial charge in [0.2, 0.25) is 0 Å². The highest BCUT2D eigenvalue weighted by molar-refractivity contribution is 5.83. The van der Waals surface area contributed by atoms with Gasteiger partial charge in [0.15, 0.2) is 12.1 Å². The predicted octanol–water partition coefficient (Wildman–Crippen LogP) is 2.29. The van der Waals surface area contributed by atoms with Gasteiger partial charge in [-0.25, -0.2) is 4.98 Å². The maximum Gasteiger partial charge on any atom is 0.170 e. The summed E-state index contributed by atoms with van der Waals surface area (Å²) in [7, 11) is 0. The highest BCUT2D eigenvalue weighted by atomic mass is 16.5. The zero-order valence-electron chi connectivity index (χ0n) is 11.9. The van der Waals surface area contributed by atoms with Crippen molar-refractivity contribution in [1.29, 1.82) is 0 Å². The fourth-order valence-electron chi connectivity index (χ4n) is 3.68. The van der Waals surface area contributed by atoms with Crippen molar-refractivity contribution in [3.8, 4) is 0 Å². The lowest BCUT2D eigenvalue weighted by Gasteiger charge is -2.44. The molecule has 0 radical (unpaired) electrons. The van der Waals surface area contributed by atoms with Crippen LogP contribution in [0.5, 0.6) is 0 Å². The van der Waals surface area contributed by atoms with Gasteiger partial charge in [0.1, 0.15) is 11.3 Å². The van der Waals surface area contributed by atoms with Gasteiger partial charge < -0.3 is 9.64 Å². The first-order valence-electron chi connectivity index (χ1n) is 7.69. The highest BCUT2D eigenvalue weighted by Crippen LogP contribution is 2.33. The lowest BCUT2D eigenvalue weighted by atomic mass is 9.90. The van der Waals surface area contributed by atoms with E-state index in [1.165, 1.54) is 12.8 Å². The molecule has 2 aliphatic rings. The number of fused-ring (bicyclic) bond motifs is 2. The molecule has 0 amide bonds. The van der Waals surface area contributed by atoms with E-state index in [0.717, 1.165) is 37.1 Å². The minimum Gasteiger partial charge on any atom is -0.374 e. The fourth-order valence-corrected chi connectivity index (χ4v) is 3.68. The average molecular weight is 285 g/mol. The molecule has 110 valence electrons. The van der Waals surface area contributed by atoms with Crippen LogP contribution in [0.25, 0.3) is 5.65 Å². The van der Waals surface area contributed by atoms with E-state index in [-0.39, 0.29) is 6.10 Å². The molecular formula is C16H19N3O2. The van der Waals surface area contributed by atoms with Crippen LogP contribution in [0.1, 0.15) is 36.2 Å². The second kappa shape index (κ2) is 5.15. The minimum absolute atomic E-state index is 0.289. The van der Waals surface area contributed by atoms with E-state index in [4.69, 9.17) is 9.72 Å². The molecule has 0 aromatic carbocycles. The van der Waals surface area contributed by atoms with Gasteiger partial charge in [-0.05, 0) is 25.0 Å². The summed E-state index contributed by atoms with van der Waals surface area (Å²) in [6.45, 7) is 1.53. The van der Waals surface area contributed by atoms with Gasteiger partial charge in [0.25, 0.3) is 0 Å². The first kappa shape index (κ1) is 12.8. The van der Waals surface area contributed by atoms with Gasteiger partial charge in [-0.3, -0.25) is 9.20 Å². The molecule has 4 rings (SSSR count). The summed E-state index contributed by atoms with van der Waals surface area (Å²) in [5.41, 5.74) is 1.48. The first-order valence-corrected chi connectivity index (χ1v) is 7.69. The zero-order chi connectivity index (χ0) is 14.2. The van der Waals surface area contributed by atoms with Crippen molar-refractivity contribution in [3.05, 3.63) is 30.1 Å². The standard InChI is InChI=1S/C16H19N3O2/c20-11-13-16(17-15-7-3-4-8-18(13)15)19-9-10-21-14-6-2-1-5-12(14)19/h3-4,7-8,11-12,14H,1-2,5-6,9-10H2. The summed E-state index contributed by atoms with van der Waals surface area (Å²) >= 11 is 0. The number of carbonyl (C=O) groups excluding carboxylic acids is 1. The molecule has 1 saturated carbocycles. The quantitative estimate of drug-likeness (QED) is 0.794. The van der Waals surface area contributed by atoms with E-state index >= 15 is 0 Å². The van der Waals surface area contributed by atoms with Crippen molar-refractivity contribution in [1.82, 2.24) is 9.38 Å². The molecular weight excluding hydrogens is 266 g/mol. The van der Waals surface area contributed by atoms with Gasteiger partial charge in [-0.1, -0.05) is 18.9 Å². The van der Waals surface area contributed by atoms with Crippen LogP contribution in [0.15, 0.2) is 24.4 Å². The van der Waals surface area contributed by atoms with Crippen LogP contribution in [0.2, 0.25) is 0 Å². The van der Waals surface area contributed by atoms with Crippen LogP contribution >= 0.6 is 0 Å². The lowest BCUT2D eigenvalue weighted by molar-refractivity contribution is -0.00899. The molecule has 5 heteroatoms. The number of carbonyl (C=O) groups is 1. The number of nitrogens with zero attached hydrogens (tertiary/aromatic N) is 3. The van der Waals surface area contributed by atoms with Gasteiger partial charge in [0, 0.05) is 12.7 Å². The Kier molecular flexibility index (Phi) is 3.15. The molecule has 2 atom stereocenters. The van der Waals surface area contributed by atoms with Crippen LogP contribution in [-0.2, 0) is 4.74 Å². The van der Waals surface area contributed by atoms with E-state index < -0.39 is 0 Å². The van der Waals surface area contributed by atoms with Gasteiger partial charge in [0.05, 0.1) is 18.8 Å². The van der Waals surface area contributed by atoms with Crippen LogP contribution in [-0.4, -0.2) is 41.0 Å². The summed E-state index contributed by atoms with van der Waals surface area (Å²) in [5, 5.41) is 0. The molecule has 2 aromatic rings. The maximum absolute atomic E-state index is 11.6. The summed E-state index contributed by atoms with van der Waals surface area (Å²) in [4.78, 5) is 18.6. The number of ether oxygens (including phenoxy) is 1. The van der Waals surface area contributed by atoms with Gasteiger partial charge >= 0.3 is 0 Å². The van der Waals surface area contributed by atoms with Crippen molar-refractivity contribution in [3.63, 3.8) is 0 Å². The predicted molar refractivity (Wildman–Crippen MR) is 79.9 cm³/mol. The second-order valence-electron chi connectivity index (χ2n) is 5.82. The molecule has 2 aromatic heterocycles. The zero-order valence-corrected chi connectivity index (χ0v) is 11.9. The number of aromatic nitrogens is 2. The van der Waals surface area contributed by atoms with Crippen LogP contribution in [0.4, 0.5) is 5.82 Å². The van der Waals surface area contributed by atoms with Crippen LogP contribution in [0.3, 0.4) is 0 Å². The number of morpholine rings is 1. The molecule has 5 nitrogen and oxygen atoms in total. The Morgan fingerprint density at radius 2 is 2.19 bits per heavy atom. The molecule has 1 saturated heterocycles. The molecule has 2 fully saturated rings. The Morgan fingerprint density at radius 3 is 3.10 bits per heavy atom. The highest BCUT2D eigenvalue weighted by Gasteiger charge is 2.36. The number of aldehydes is 1. The summed E-state index contributed by atoms with van der Waals surface area (Å²) in [5.74, 6) is 0.816. The largest absolute Gasteiger partial charge is 0.374 e. The Labute approximate surface area is 123 Å². The summed E-state index contributed by atoms with van der Waals surface area (Å²) in [6, 6.07) is 6.17. The fraction of sp³-hybridized carbons (Fsp3) is 0.500. The van der Waals surface area contributed by atoms with E-state index in [1.807, 2.05) is 28.8 Å². The lowest BCUT2D eigenvalue weighted by Crippen LogP contribution is -2.53. The Bertz CT molecular complexity index is 665. The summed E-state index contributed by atoms with van der Waals surface area (Å²) < 4.78 is 7.79. The van der Waals surface area contributed by atoms with E-state index in [1.54, 1.807) is 0 Å². The Balaban J connectivity index is 1.79. The molecule has 1 aliphatic carbocycles. The number of anilines is 1. The van der Waals surface area contributed by atoms with E-state index in [2.05, 4.69) is 4.90 Å². The van der Waals surface area contributed by atoms with Crippen molar-refractivity contribution in [2.75, 3.05) is 18.1 Å². The number of pyridine rings is 1. The Hall–Kier alpha value is -1.88.